The van der Waals surface area contributed by atoms with Crippen molar-refractivity contribution in [3.8, 4) is 0 Å². The molecule has 0 radical (unpaired) electrons. The number of oxazole rings is 1. The van der Waals surface area contributed by atoms with Crippen LogP contribution in [0, 0.1) is 0 Å². The van der Waals surface area contributed by atoms with Crippen LogP contribution in [0.5, 0.6) is 0 Å². The largest absolute Gasteiger partial charge is 0.449 e. The Morgan fingerprint density at radius 3 is 2.89 bits per heavy atom. The summed E-state index contributed by atoms with van der Waals surface area (Å²) < 4.78 is 5.46. The number of hydrogen-bond acceptors (Lipinski definition) is 5. The number of aromatic nitrogens is 2. The highest BCUT2D eigenvalue weighted by atomic mass is 16.3. The number of fused-ring (bicyclic) bond motifs is 1. The lowest BCUT2D eigenvalue weighted by Gasteiger charge is -2.35. The molecule has 0 aliphatic heterocycles. The second-order valence-electron chi connectivity index (χ2n) is 7.13. The molecule has 0 spiro atoms. The molecule has 140 valence electrons. The average Bonchev–Trinajstić information content (AvgIpc) is 3.24. The molecule has 27 heavy (non-hydrogen) atoms. The molecule has 0 saturated heterocycles. The van der Waals surface area contributed by atoms with Gasteiger partial charge in [-0.2, -0.15) is 0 Å². The molecule has 5 nitrogen and oxygen atoms in total. The predicted octanol–water partition coefficient (Wildman–Crippen LogP) is 3.65. The molecular formula is C22H26N4O. The minimum absolute atomic E-state index is 0.325. The third kappa shape index (κ3) is 4.26. The SMILES string of the molecule is NCc1cccc(CN(CCc2ncco2)C2CCCc3cccnc32)c1. The summed E-state index contributed by atoms with van der Waals surface area (Å²) in [7, 11) is 0. The van der Waals surface area contributed by atoms with E-state index in [-0.39, 0.29) is 0 Å². The van der Waals surface area contributed by atoms with Gasteiger partial charge in [0.05, 0.1) is 17.9 Å². The van der Waals surface area contributed by atoms with Crippen molar-refractivity contribution >= 4 is 0 Å². The van der Waals surface area contributed by atoms with Crippen LogP contribution < -0.4 is 5.73 Å². The lowest BCUT2D eigenvalue weighted by atomic mass is 9.90. The first kappa shape index (κ1) is 17.9. The van der Waals surface area contributed by atoms with Crippen molar-refractivity contribution in [3.63, 3.8) is 0 Å². The van der Waals surface area contributed by atoms with Gasteiger partial charge in [0.15, 0.2) is 5.89 Å². The highest BCUT2D eigenvalue weighted by molar-refractivity contribution is 5.27. The van der Waals surface area contributed by atoms with Crippen molar-refractivity contribution in [2.24, 2.45) is 5.73 Å². The fraction of sp³-hybridized carbons (Fsp3) is 0.364. The van der Waals surface area contributed by atoms with Gasteiger partial charge in [0.25, 0.3) is 0 Å². The molecule has 1 aliphatic carbocycles. The quantitative estimate of drug-likeness (QED) is 0.695. The van der Waals surface area contributed by atoms with Crippen LogP contribution in [0.3, 0.4) is 0 Å². The monoisotopic (exact) mass is 362 g/mol. The maximum Gasteiger partial charge on any atom is 0.195 e. The predicted molar refractivity (Wildman–Crippen MR) is 105 cm³/mol. The number of hydrogen-bond donors (Lipinski definition) is 1. The van der Waals surface area contributed by atoms with Crippen LogP contribution in [0.4, 0.5) is 0 Å². The third-order valence-corrected chi connectivity index (χ3v) is 5.32. The first-order chi connectivity index (χ1) is 13.3. The van der Waals surface area contributed by atoms with Crippen LogP contribution in [-0.4, -0.2) is 21.4 Å². The highest BCUT2D eigenvalue weighted by Gasteiger charge is 2.27. The zero-order chi connectivity index (χ0) is 18.5. The van der Waals surface area contributed by atoms with Crippen molar-refractivity contribution < 1.29 is 4.42 Å². The Kier molecular flexibility index (Phi) is 5.61. The van der Waals surface area contributed by atoms with E-state index in [1.807, 2.05) is 12.3 Å². The molecule has 1 aliphatic rings. The smallest absolute Gasteiger partial charge is 0.195 e. The molecule has 0 saturated carbocycles. The van der Waals surface area contributed by atoms with E-state index >= 15 is 0 Å². The first-order valence-electron chi connectivity index (χ1n) is 9.67. The van der Waals surface area contributed by atoms with E-state index in [4.69, 9.17) is 15.1 Å². The molecule has 2 heterocycles. The van der Waals surface area contributed by atoms with Gasteiger partial charge in [0.2, 0.25) is 0 Å². The number of pyridine rings is 1. The van der Waals surface area contributed by atoms with Crippen molar-refractivity contribution in [2.75, 3.05) is 6.54 Å². The van der Waals surface area contributed by atoms with E-state index in [1.54, 1.807) is 12.5 Å². The van der Waals surface area contributed by atoms with Gasteiger partial charge in [0.1, 0.15) is 6.26 Å². The van der Waals surface area contributed by atoms with Crippen LogP contribution >= 0.6 is 0 Å². The zero-order valence-corrected chi connectivity index (χ0v) is 15.6. The number of nitrogens with two attached hydrogens (primary N) is 1. The summed E-state index contributed by atoms with van der Waals surface area (Å²) in [5, 5.41) is 0. The normalized spacial score (nSPS) is 16.4. The van der Waals surface area contributed by atoms with Crippen LogP contribution in [0.15, 0.2) is 59.5 Å². The number of aryl methyl sites for hydroxylation is 1. The summed E-state index contributed by atoms with van der Waals surface area (Å²) in [5.41, 5.74) is 10.9. The summed E-state index contributed by atoms with van der Waals surface area (Å²) in [6.07, 6.45) is 9.51. The number of rotatable bonds is 7. The molecule has 2 aromatic heterocycles. The maximum absolute atomic E-state index is 5.83. The summed E-state index contributed by atoms with van der Waals surface area (Å²) >= 11 is 0. The number of nitrogens with zero attached hydrogens (tertiary/aromatic N) is 3. The minimum Gasteiger partial charge on any atom is -0.449 e. The topological polar surface area (TPSA) is 68.2 Å². The Morgan fingerprint density at radius 2 is 2.04 bits per heavy atom. The Bertz CT molecular complexity index is 862. The van der Waals surface area contributed by atoms with Gasteiger partial charge < -0.3 is 10.2 Å². The van der Waals surface area contributed by atoms with Crippen LogP contribution in [0.25, 0.3) is 0 Å². The van der Waals surface area contributed by atoms with Crippen LogP contribution in [0.2, 0.25) is 0 Å². The van der Waals surface area contributed by atoms with Gasteiger partial charge in [0, 0.05) is 32.3 Å². The van der Waals surface area contributed by atoms with Gasteiger partial charge in [-0.25, -0.2) is 4.98 Å². The highest BCUT2D eigenvalue weighted by Crippen LogP contribution is 2.33. The molecule has 0 amide bonds. The average molecular weight is 362 g/mol. The molecule has 4 rings (SSSR count). The second kappa shape index (κ2) is 8.46. The Balaban J connectivity index is 1.59. The van der Waals surface area contributed by atoms with Gasteiger partial charge in [-0.1, -0.05) is 30.3 Å². The second-order valence-corrected chi connectivity index (χ2v) is 7.13. The van der Waals surface area contributed by atoms with Gasteiger partial charge in [-0.3, -0.25) is 9.88 Å². The lowest BCUT2D eigenvalue weighted by Crippen LogP contribution is -2.33. The van der Waals surface area contributed by atoms with Crippen LogP contribution in [-0.2, 0) is 25.9 Å². The molecule has 0 bridgehead atoms. The Labute approximate surface area is 160 Å². The van der Waals surface area contributed by atoms with E-state index in [0.717, 1.165) is 38.2 Å². The summed E-state index contributed by atoms with van der Waals surface area (Å²) in [5.74, 6) is 0.785. The zero-order valence-electron chi connectivity index (χ0n) is 15.6. The lowest BCUT2D eigenvalue weighted by molar-refractivity contribution is 0.164. The molecule has 2 N–H and O–H groups in total. The van der Waals surface area contributed by atoms with Gasteiger partial charge in [-0.15, -0.1) is 0 Å². The van der Waals surface area contributed by atoms with Crippen LogP contribution in [0.1, 0.15) is 47.2 Å². The fourth-order valence-electron chi connectivity index (χ4n) is 3.99. The van der Waals surface area contributed by atoms with E-state index in [1.165, 1.54) is 28.8 Å². The molecule has 3 aromatic rings. The maximum atomic E-state index is 5.83. The van der Waals surface area contributed by atoms with E-state index in [0.29, 0.717) is 12.6 Å². The minimum atomic E-state index is 0.325. The molecule has 1 aromatic carbocycles. The standard InChI is InChI=1S/C22H26N4O/c23-15-17-4-1-5-18(14-17)16-26(12-9-21-24-11-13-27-21)20-8-2-6-19-7-3-10-25-22(19)20/h1,3-5,7,10-11,13-14,20H,2,6,8-9,12,15-16,23H2. The van der Waals surface area contributed by atoms with Gasteiger partial charge in [-0.05, 0) is 42.0 Å². The molecule has 1 atom stereocenters. The van der Waals surface area contributed by atoms with E-state index in [9.17, 15) is 0 Å². The molecule has 1 unspecified atom stereocenters. The Morgan fingerprint density at radius 1 is 1.11 bits per heavy atom. The summed E-state index contributed by atoms with van der Waals surface area (Å²) in [6.45, 7) is 2.32. The molecule has 5 heteroatoms. The molecular weight excluding hydrogens is 336 g/mol. The first-order valence-corrected chi connectivity index (χ1v) is 9.67. The van der Waals surface area contributed by atoms with Crippen molar-refractivity contribution in [1.29, 1.82) is 0 Å². The Hall–Kier alpha value is -2.50. The van der Waals surface area contributed by atoms with Crippen molar-refractivity contribution in [1.82, 2.24) is 14.9 Å². The summed E-state index contributed by atoms with van der Waals surface area (Å²) in [4.78, 5) is 11.5. The molecule has 0 fully saturated rings. The van der Waals surface area contributed by atoms with E-state index < -0.39 is 0 Å². The number of benzene rings is 1. The van der Waals surface area contributed by atoms with Crippen molar-refractivity contribution in [2.45, 2.75) is 44.8 Å². The van der Waals surface area contributed by atoms with Crippen molar-refractivity contribution in [3.05, 3.63) is 83.3 Å². The van der Waals surface area contributed by atoms with E-state index in [2.05, 4.69) is 40.2 Å². The third-order valence-electron chi connectivity index (χ3n) is 5.32. The van der Waals surface area contributed by atoms with Gasteiger partial charge >= 0.3 is 0 Å². The summed E-state index contributed by atoms with van der Waals surface area (Å²) in [6, 6.07) is 13.2. The fourth-order valence-corrected chi connectivity index (χ4v) is 3.99.